The van der Waals surface area contributed by atoms with E-state index in [2.05, 4.69) is 0 Å². The van der Waals surface area contributed by atoms with Crippen LogP contribution < -0.4 is 5.73 Å². The second-order valence-corrected chi connectivity index (χ2v) is 7.12. The molecule has 1 heterocycles. The van der Waals surface area contributed by atoms with E-state index in [0.29, 0.717) is 11.5 Å². The van der Waals surface area contributed by atoms with Gasteiger partial charge in [-0.3, -0.25) is 0 Å². The summed E-state index contributed by atoms with van der Waals surface area (Å²) in [4.78, 5) is 13.4. The van der Waals surface area contributed by atoms with E-state index in [1.54, 1.807) is 0 Å². The Bertz CT molecular complexity index is 330. The van der Waals surface area contributed by atoms with E-state index in [9.17, 15) is 4.79 Å². The maximum atomic E-state index is 11.4. The van der Waals surface area contributed by atoms with Crippen molar-refractivity contribution in [1.82, 2.24) is 4.90 Å². The Morgan fingerprint density at radius 1 is 1.06 bits per heavy atom. The summed E-state index contributed by atoms with van der Waals surface area (Å²) in [5.74, 6) is 2.91. The fourth-order valence-corrected chi connectivity index (χ4v) is 5.87. The summed E-state index contributed by atoms with van der Waals surface area (Å²) in [7, 11) is 0. The van der Waals surface area contributed by atoms with Gasteiger partial charge in [-0.2, -0.15) is 0 Å². The summed E-state index contributed by atoms with van der Waals surface area (Å²) in [6, 6.07) is 0.311. The second-order valence-electron chi connectivity index (χ2n) is 7.12. The summed E-state index contributed by atoms with van der Waals surface area (Å²) in [6.45, 7) is 0.905. The third-order valence-electron chi connectivity index (χ3n) is 6.10. The molecule has 5 fully saturated rings. The highest BCUT2D eigenvalue weighted by Crippen LogP contribution is 2.63. The Hall–Kier alpha value is -0.730. The van der Waals surface area contributed by atoms with Crippen molar-refractivity contribution in [2.24, 2.45) is 28.9 Å². The Morgan fingerprint density at radius 2 is 1.59 bits per heavy atom. The predicted octanol–water partition coefficient (Wildman–Crippen LogP) is 2.36. The summed E-state index contributed by atoms with van der Waals surface area (Å²) in [6.07, 6.45) is 9.77. The molecule has 0 radical (unpaired) electrons. The average Bonchev–Trinajstić information content (AvgIpc) is 2.10. The Balaban J connectivity index is 1.62. The quantitative estimate of drug-likeness (QED) is 0.743. The topological polar surface area (TPSA) is 46.3 Å². The van der Waals surface area contributed by atoms with Crippen LogP contribution in [0.1, 0.15) is 44.9 Å². The van der Waals surface area contributed by atoms with Crippen LogP contribution in [0.3, 0.4) is 0 Å². The molecule has 4 aliphatic carbocycles. The number of nitrogens with zero attached hydrogens (tertiary/aromatic N) is 1. The zero-order valence-corrected chi connectivity index (χ0v) is 10.4. The second kappa shape index (κ2) is 3.18. The minimum Gasteiger partial charge on any atom is -0.351 e. The van der Waals surface area contributed by atoms with Crippen LogP contribution in [-0.2, 0) is 0 Å². The standard InChI is InChI=1S/C14H22N2O/c15-13(17)16-2-1-12(16)14-6-9-3-10(7-14)5-11(4-9)8-14/h9-12H,1-8H2,(H2,15,17). The van der Waals surface area contributed by atoms with Gasteiger partial charge in [-0.25, -0.2) is 4.79 Å². The Morgan fingerprint density at radius 3 is 1.94 bits per heavy atom. The number of hydrogen-bond donors (Lipinski definition) is 1. The number of rotatable bonds is 1. The molecule has 3 nitrogen and oxygen atoms in total. The molecular formula is C14H22N2O. The lowest BCUT2D eigenvalue weighted by Crippen LogP contribution is -2.64. The lowest BCUT2D eigenvalue weighted by molar-refractivity contribution is -0.116. The van der Waals surface area contributed by atoms with Gasteiger partial charge in [0.15, 0.2) is 0 Å². The molecule has 4 saturated carbocycles. The third-order valence-corrected chi connectivity index (χ3v) is 6.10. The fourth-order valence-electron chi connectivity index (χ4n) is 5.87. The van der Waals surface area contributed by atoms with Crippen molar-refractivity contribution >= 4 is 6.03 Å². The molecule has 4 bridgehead atoms. The van der Waals surface area contributed by atoms with E-state index in [4.69, 9.17) is 5.73 Å². The molecule has 0 aromatic rings. The molecule has 1 unspecified atom stereocenters. The minimum absolute atomic E-state index is 0.183. The molecular weight excluding hydrogens is 212 g/mol. The number of primary amides is 1. The summed E-state index contributed by atoms with van der Waals surface area (Å²) < 4.78 is 0. The summed E-state index contributed by atoms with van der Waals surface area (Å²) >= 11 is 0. The molecule has 2 N–H and O–H groups in total. The van der Waals surface area contributed by atoms with Crippen LogP contribution >= 0.6 is 0 Å². The van der Waals surface area contributed by atoms with Crippen LogP contribution in [-0.4, -0.2) is 23.5 Å². The zero-order valence-electron chi connectivity index (χ0n) is 10.4. The van der Waals surface area contributed by atoms with Crippen molar-refractivity contribution in [1.29, 1.82) is 0 Å². The van der Waals surface area contributed by atoms with Crippen molar-refractivity contribution in [2.75, 3.05) is 6.54 Å². The summed E-state index contributed by atoms with van der Waals surface area (Å²) in [5, 5.41) is 0. The number of urea groups is 1. The van der Waals surface area contributed by atoms with Gasteiger partial charge in [0, 0.05) is 12.6 Å². The molecule has 2 amide bonds. The molecule has 1 aliphatic heterocycles. The predicted molar refractivity (Wildman–Crippen MR) is 65.3 cm³/mol. The van der Waals surface area contributed by atoms with Crippen LogP contribution in [0.5, 0.6) is 0 Å². The first kappa shape index (κ1) is 10.2. The van der Waals surface area contributed by atoms with E-state index in [1.165, 1.54) is 44.9 Å². The van der Waals surface area contributed by atoms with Crippen LogP contribution in [0.2, 0.25) is 0 Å². The molecule has 94 valence electrons. The molecule has 1 atom stereocenters. The normalized spacial score (nSPS) is 51.4. The van der Waals surface area contributed by atoms with E-state index in [-0.39, 0.29) is 6.03 Å². The largest absolute Gasteiger partial charge is 0.351 e. The number of amides is 2. The van der Waals surface area contributed by atoms with Gasteiger partial charge in [-0.1, -0.05) is 0 Å². The monoisotopic (exact) mass is 234 g/mol. The molecule has 3 heteroatoms. The first-order chi connectivity index (χ1) is 8.16. The maximum absolute atomic E-state index is 11.4. The molecule has 0 spiro atoms. The van der Waals surface area contributed by atoms with Gasteiger partial charge in [0.2, 0.25) is 0 Å². The number of carbonyl (C=O) groups is 1. The first-order valence-electron chi connectivity index (χ1n) is 7.22. The lowest BCUT2D eigenvalue weighted by atomic mass is 9.46. The maximum Gasteiger partial charge on any atom is 0.315 e. The van der Waals surface area contributed by atoms with Crippen molar-refractivity contribution < 1.29 is 4.79 Å². The minimum atomic E-state index is -0.183. The average molecular weight is 234 g/mol. The van der Waals surface area contributed by atoms with E-state index >= 15 is 0 Å². The van der Waals surface area contributed by atoms with Gasteiger partial charge < -0.3 is 10.6 Å². The molecule has 0 aromatic heterocycles. The lowest BCUT2D eigenvalue weighted by Gasteiger charge is -2.63. The molecule has 5 rings (SSSR count). The van der Waals surface area contributed by atoms with Gasteiger partial charge >= 0.3 is 6.03 Å². The number of likely N-dealkylation sites (tertiary alicyclic amines) is 1. The summed E-state index contributed by atoms with van der Waals surface area (Å²) in [5.41, 5.74) is 5.97. The van der Waals surface area contributed by atoms with E-state index in [1.807, 2.05) is 4.90 Å². The number of carbonyl (C=O) groups excluding carboxylic acids is 1. The first-order valence-corrected chi connectivity index (χ1v) is 7.22. The highest BCUT2D eigenvalue weighted by Gasteiger charge is 2.57. The van der Waals surface area contributed by atoms with Crippen LogP contribution in [0, 0.1) is 23.2 Å². The molecule has 0 aromatic carbocycles. The van der Waals surface area contributed by atoms with Crippen LogP contribution in [0.15, 0.2) is 0 Å². The third kappa shape index (κ3) is 1.31. The molecule has 5 aliphatic rings. The molecule has 1 saturated heterocycles. The number of nitrogens with two attached hydrogens (primary N) is 1. The van der Waals surface area contributed by atoms with Crippen LogP contribution in [0.25, 0.3) is 0 Å². The SMILES string of the molecule is NC(=O)N1CCC1C12CC3CC(CC(C3)C1)C2. The number of hydrogen-bond acceptors (Lipinski definition) is 1. The van der Waals surface area contributed by atoms with Gasteiger partial charge in [0.25, 0.3) is 0 Å². The van der Waals surface area contributed by atoms with Crippen LogP contribution in [0.4, 0.5) is 4.79 Å². The zero-order chi connectivity index (χ0) is 11.6. The van der Waals surface area contributed by atoms with Crippen molar-refractivity contribution in [2.45, 2.75) is 51.0 Å². The van der Waals surface area contributed by atoms with Crippen molar-refractivity contribution in [3.8, 4) is 0 Å². The smallest absolute Gasteiger partial charge is 0.315 e. The molecule has 17 heavy (non-hydrogen) atoms. The van der Waals surface area contributed by atoms with Gasteiger partial charge in [-0.05, 0) is 68.1 Å². The Kier molecular flexibility index (Phi) is 1.91. The highest BCUT2D eigenvalue weighted by molar-refractivity contribution is 5.73. The fraction of sp³-hybridized carbons (Fsp3) is 0.929. The van der Waals surface area contributed by atoms with Gasteiger partial charge in [0.1, 0.15) is 0 Å². The van der Waals surface area contributed by atoms with E-state index < -0.39 is 0 Å². The van der Waals surface area contributed by atoms with E-state index in [0.717, 1.165) is 24.3 Å². The van der Waals surface area contributed by atoms with Crippen molar-refractivity contribution in [3.63, 3.8) is 0 Å². The van der Waals surface area contributed by atoms with Crippen molar-refractivity contribution in [3.05, 3.63) is 0 Å². The Labute approximate surface area is 103 Å². The van der Waals surface area contributed by atoms with Gasteiger partial charge in [0.05, 0.1) is 0 Å². The highest BCUT2D eigenvalue weighted by atomic mass is 16.2. The van der Waals surface area contributed by atoms with Gasteiger partial charge in [-0.15, -0.1) is 0 Å².